The van der Waals surface area contributed by atoms with E-state index in [1.165, 1.54) is 33.5 Å². The third-order valence-electron chi connectivity index (χ3n) is 3.10. The Bertz CT molecular complexity index is 327. The topological polar surface area (TPSA) is 38.0 Å². The molecule has 2 nitrogen and oxygen atoms in total. The maximum atomic E-state index is 5.83. The van der Waals surface area contributed by atoms with E-state index in [2.05, 4.69) is 34.2 Å². The molecular weight excluding hydrogens is 284 g/mol. The van der Waals surface area contributed by atoms with Gasteiger partial charge in [0.05, 0.1) is 6.04 Å². The normalized spacial score (nSPS) is 17.7. The van der Waals surface area contributed by atoms with Gasteiger partial charge < -0.3 is 11.1 Å². The molecule has 0 bridgehead atoms. The molecule has 1 fully saturated rings. The first-order chi connectivity index (χ1) is 7.70. The van der Waals surface area contributed by atoms with E-state index in [1.807, 2.05) is 11.3 Å². The molecule has 16 heavy (non-hydrogen) atoms. The zero-order valence-corrected chi connectivity index (χ0v) is 12.0. The van der Waals surface area contributed by atoms with E-state index in [1.54, 1.807) is 0 Å². The lowest BCUT2D eigenvalue weighted by molar-refractivity contribution is 0.522. The van der Waals surface area contributed by atoms with Gasteiger partial charge in [-0.1, -0.05) is 12.8 Å². The molecular formula is C12H19BrN2S. The van der Waals surface area contributed by atoms with E-state index in [0.717, 1.165) is 12.5 Å². The predicted octanol–water partition coefficient (Wildman–Crippen LogP) is 3.21. The average Bonchev–Trinajstić information content (AvgIpc) is 3.02. The van der Waals surface area contributed by atoms with Crippen molar-refractivity contribution >= 4 is 27.3 Å². The molecule has 1 unspecified atom stereocenters. The van der Waals surface area contributed by atoms with Crippen LogP contribution in [0.15, 0.2) is 10.5 Å². The molecule has 3 N–H and O–H groups in total. The largest absolute Gasteiger partial charge is 0.329 e. The predicted molar refractivity (Wildman–Crippen MR) is 73.9 cm³/mol. The van der Waals surface area contributed by atoms with Crippen molar-refractivity contribution in [3.8, 4) is 0 Å². The number of nitrogens with two attached hydrogens (primary N) is 1. The van der Waals surface area contributed by atoms with Crippen molar-refractivity contribution < 1.29 is 0 Å². The minimum atomic E-state index is 0.328. The molecule has 1 aromatic rings. The van der Waals surface area contributed by atoms with Crippen molar-refractivity contribution in [2.45, 2.75) is 32.2 Å². The molecule has 90 valence electrons. The van der Waals surface area contributed by atoms with Crippen LogP contribution < -0.4 is 11.1 Å². The molecule has 4 heteroatoms. The fourth-order valence-corrected chi connectivity index (χ4v) is 3.47. The SMILES string of the molecule is Cc1sc(C(CN)NCCC2CC2)cc1Br. The lowest BCUT2D eigenvalue weighted by Crippen LogP contribution is -2.28. The van der Waals surface area contributed by atoms with E-state index in [-0.39, 0.29) is 0 Å². The van der Waals surface area contributed by atoms with Gasteiger partial charge in [-0.25, -0.2) is 0 Å². The Kier molecular flexibility index (Phi) is 4.41. The highest BCUT2D eigenvalue weighted by molar-refractivity contribution is 9.10. The van der Waals surface area contributed by atoms with Gasteiger partial charge in [-0.2, -0.15) is 0 Å². The zero-order valence-electron chi connectivity index (χ0n) is 9.63. The van der Waals surface area contributed by atoms with Crippen molar-refractivity contribution in [2.75, 3.05) is 13.1 Å². The van der Waals surface area contributed by atoms with Gasteiger partial charge >= 0.3 is 0 Å². The second-order valence-corrected chi connectivity index (χ2v) is 6.67. The highest BCUT2D eigenvalue weighted by atomic mass is 79.9. The average molecular weight is 303 g/mol. The molecule has 0 radical (unpaired) electrons. The van der Waals surface area contributed by atoms with Crippen molar-refractivity contribution in [3.05, 3.63) is 20.3 Å². The number of nitrogens with one attached hydrogen (secondary N) is 1. The van der Waals surface area contributed by atoms with Crippen LogP contribution in [-0.4, -0.2) is 13.1 Å². The molecule has 1 saturated carbocycles. The Labute approximate surface area is 110 Å². The van der Waals surface area contributed by atoms with Crippen LogP contribution in [0.4, 0.5) is 0 Å². The number of thiophene rings is 1. The Morgan fingerprint density at radius 2 is 2.38 bits per heavy atom. The summed E-state index contributed by atoms with van der Waals surface area (Å²) < 4.78 is 1.20. The smallest absolute Gasteiger partial charge is 0.0539 e. The number of halogens is 1. The van der Waals surface area contributed by atoms with E-state index < -0.39 is 0 Å². The summed E-state index contributed by atoms with van der Waals surface area (Å²) in [5.74, 6) is 0.989. The first kappa shape index (κ1) is 12.6. The third-order valence-corrected chi connectivity index (χ3v) is 5.35. The van der Waals surface area contributed by atoms with Gasteiger partial charge in [-0.15, -0.1) is 11.3 Å². The van der Waals surface area contributed by atoms with Crippen molar-refractivity contribution in [2.24, 2.45) is 11.7 Å². The lowest BCUT2D eigenvalue weighted by Gasteiger charge is -2.14. The highest BCUT2D eigenvalue weighted by Gasteiger charge is 2.21. The minimum absolute atomic E-state index is 0.328. The summed E-state index contributed by atoms with van der Waals surface area (Å²) in [6.07, 6.45) is 4.17. The summed E-state index contributed by atoms with van der Waals surface area (Å²) in [6.45, 7) is 3.91. The molecule has 0 saturated heterocycles. The molecule has 1 aliphatic carbocycles. The summed E-state index contributed by atoms with van der Waals surface area (Å²) in [5.41, 5.74) is 5.83. The van der Waals surface area contributed by atoms with E-state index in [4.69, 9.17) is 5.73 Å². The molecule has 1 aromatic heterocycles. The molecule has 0 aromatic carbocycles. The van der Waals surface area contributed by atoms with Gasteiger partial charge in [-0.05, 0) is 47.8 Å². The van der Waals surface area contributed by atoms with E-state index in [0.29, 0.717) is 12.6 Å². The van der Waals surface area contributed by atoms with Crippen LogP contribution in [0, 0.1) is 12.8 Å². The summed E-state index contributed by atoms with van der Waals surface area (Å²) in [4.78, 5) is 2.68. The Balaban J connectivity index is 1.87. The maximum Gasteiger partial charge on any atom is 0.0539 e. The van der Waals surface area contributed by atoms with Crippen LogP contribution in [0.25, 0.3) is 0 Å². The van der Waals surface area contributed by atoms with Gasteiger partial charge in [0.1, 0.15) is 0 Å². The second kappa shape index (κ2) is 5.63. The van der Waals surface area contributed by atoms with Gasteiger partial charge in [0.2, 0.25) is 0 Å². The summed E-state index contributed by atoms with van der Waals surface area (Å²) in [7, 11) is 0. The summed E-state index contributed by atoms with van der Waals surface area (Å²) >= 11 is 5.39. The molecule has 1 atom stereocenters. The number of hydrogen-bond donors (Lipinski definition) is 2. The molecule has 0 spiro atoms. The summed E-state index contributed by atoms with van der Waals surface area (Å²) in [6, 6.07) is 2.52. The van der Waals surface area contributed by atoms with E-state index in [9.17, 15) is 0 Å². The quantitative estimate of drug-likeness (QED) is 0.847. The van der Waals surface area contributed by atoms with Crippen LogP contribution in [0.5, 0.6) is 0 Å². The van der Waals surface area contributed by atoms with Crippen LogP contribution >= 0.6 is 27.3 Å². The van der Waals surface area contributed by atoms with E-state index >= 15 is 0 Å². The molecule has 1 aliphatic rings. The molecule has 1 heterocycles. The fourth-order valence-electron chi connectivity index (χ4n) is 1.82. The van der Waals surface area contributed by atoms with Crippen molar-refractivity contribution in [1.82, 2.24) is 5.32 Å². The zero-order chi connectivity index (χ0) is 11.5. The molecule has 0 amide bonds. The minimum Gasteiger partial charge on any atom is -0.329 e. The number of aryl methyl sites for hydroxylation is 1. The monoisotopic (exact) mass is 302 g/mol. The standard InChI is InChI=1S/C12H19BrN2S/c1-8-10(13)6-12(16-8)11(7-14)15-5-4-9-2-3-9/h6,9,11,15H,2-5,7,14H2,1H3. The van der Waals surface area contributed by atoms with Gasteiger partial charge in [0.15, 0.2) is 0 Å². The number of rotatable bonds is 6. The Morgan fingerprint density at radius 1 is 1.62 bits per heavy atom. The first-order valence-electron chi connectivity index (χ1n) is 5.90. The second-order valence-electron chi connectivity index (χ2n) is 4.53. The lowest BCUT2D eigenvalue weighted by atomic mass is 10.2. The van der Waals surface area contributed by atoms with Gasteiger partial charge in [0, 0.05) is 20.8 Å². The van der Waals surface area contributed by atoms with Gasteiger partial charge in [-0.3, -0.25) is 0 Å². The van der Waals surface area contributed by atoms with Crippen LogP contribution in [0.1, 0.15) is 35.1 Å². The number of hydrogen-bond acceptors (Lipinski definition) is 3. The Morgan fingerprint density at radius 3 is 2.88 bits per heavy atom. The van der Waals surface area contributed by atoms with Crippen LogP contribution in [-0.2, 0) is 0 Å². The molecule has 2 rings (SSSR count). The van der Waals surface area contributed by atoms with Crippen LogP contribution in [0.3, 0.4) is 0 Å². The fraction of sp³-hybridized carbons (Fsp3) is 0.667. The molecule has 0 aliphatic heterocycles. The highest BCUT2D eigenvalue weighted by Crippen LogP contribution is 2.33. The Hall–Kier alpha value is 0.100. The summed E-state index contributed by atoms with van der Waals surface area (Å²) in [5, 5.41) is 3.56. The van der Waals surface area contributed by atoms with Crippen molar-refractivity contribution in [1.29, 1.82) is 0 Å². The third kappa shape index (κ3) is 3.29. The maximum absolute atomic E-state index is 5.83. The van der Waals surface area contributed by atoms with Crippen LogP contribution in [0.2, 0.25) is 0 Å². The first-order valence-corrected chi connectivity index (χ1v) is 7.51. The van der Waals surface area contributed by atoms with Crippen molar-refractivity contribution in [3.63, 3.8) is 0 Å². The van der Waals surface area contributed by atoms with Gasteiger partial charge in [0.25, 0.3) is 0 Å².